The van der Waals surface area contributed by atoms with Crippen molar-refractivity contribution in [2.24, 2.45) is 0 Å². The summed E-state index contributed by atoms with van der Waals surface area (Å²) in [7, 11) is 0. The van der Waals surface area contributed by atoms with Gasteiger partial charge in [-0.25, -0.2) is 4.79 Å². The third-order valence-corrected chi connectivity index (χ3v) is 4.45. The Morgan fingerprint density at radius 1 is 1.20 bits per heavy atom. The van der Waals surface area contributed by atoms with Crippen molar-refractivity contribution >= 4 is 17.6 Å². The molecule has 1 unspecified atom stereocenters. The lowest BCUT2D eigenvalue weighted by Gasteiger charge is -2.31. The standard InChI is InChI=1S/C20H21NO4/c1-13-9-10-16(12-18(13)22)20(24)25-14(2)19(23)21-11-5-7-15-6-3-4-8-17(15)21/h3-4,6,8-10,12,14,22H,5,7,11H2,1-2H3. The fraction of sp³-hybridized carbons (Fsp3) is 0.300. The number of anilines is 1. The molecule has 0 aliphatic carbocycles. The minimum Gasteiger partial charge on any atom is -0.508 e. The summed E-state index contributed by atoms with van der Waals surface area (Å²) in [6.45, 7) is 3.93. The number of para-hydroxylation sites is 1. The number of carbonyl (C=O) groups is 2. The molecule has 0 fully saturated rings. The minimum atomic E-state index is -0.901. The van der Waals surface area contributed by atoms with Crippen molar-refractivity contribution in [1.82, 2.24) is 0 Å². The highest BCUT2D eigenvalue weighted by Gasteiger charge is 2.28. The molecule has 1 atom stereocenters. The van der Waals surface area contributed by atoms with Crippen LogP contribution < -0.4 is 4.90 Å². The number of amides is 1. The summed E-state index contributed by atoms with van der Waals surface area (Å²) < 4.78 is 5.32. The van der Waals surface area contributed by atoms with Gasteiger partial charge in [0.15, 0.2) is 6.10 Å². The number of esters is 1. The average Bonchev–Trinajstić information content (AvgIpc) is 2.62. The molecule has 1 aliphatic heterocycles. The maximum absolute atomic E-state index is 12.7. The normalized spacial score (nSPS) is 14.6. The summed E-state index contributed by atoms with van der Waals surface area (Å²) in [5, 5.41) is 9.72. The second-order valence-corrected chi connectivity index (χ2v) is 6.27. The first-order chi connectivity index (χ1) is 12.0. The first-order valence-electron chi connectivity index (χ1n) is 8.37. The third kappa shape index (κ3) is 3.50. The van der Waals surface area contributed by atoms with E-state index in [0.29, 0.717) is 12.1 Å². The first kappa shape index (κ1) is 17.0. The summed E-state index contributed by atoms with van der Waals surface area (Å²) in [6, 6.07) is 12.4. The zero-order valence-corrected chi connectivity index (χ0v) is 14.4. The molecule has 3 rings (SSSR count). The molecule has 0 aromatic heterocycles. The van der Waals surface area contributed by atoms with Gasteiger partial charge in [0.2, 0.25) is 0 Å². The van der Waals surface area contributed by atoms with Crippen LogP contribution in [0.1, 0.15) is 34.8 Å². The van der Waals surface area contributed by atoms with Crippen molar-refractivity contribution in [2.75, 3.05) is 11.4 Å². The Bertz CT molecular complexity index is 815. The molecule has 1 heterocycles. The van der Waals surface area contributed by atoms with Gasteiger partial charge in [0, 0.05) is 12.2 Å². The van der Waals surface area contributed by atoms with Crippen molar-refractivity contribution in [3.8, 4) is 5.75 Å². The summed E-state index contributed by atoms with van der Waals surface area (Å²) >= 11 is 0. The van der Waals surface area contributed by atoms with Crippen LogP contribution in [0.2, 0.25) is 0 Å². The lowest BCUT2D eigenvalue weighted by molar-refractivity contribution is -0.126. The van der Waals surface area contributed by atoms with Gasteiger partial charge < -0.3 is 14.7 Å². The van der Waals surface area contributed by atoms with E-state index in [1.807, 2.05) is 24.3 Å². The summed E-state index contributed by atoms with van der Waals surface area (Å²) in [5.74, 6) is -0.836. The molecule has 1 amide bonds. The molecule has 0 radical (unpaired) electrons. The Kier molecular flexibility index (Phi) is 4.74. The topological polar surface area (TPSA) is 66.8 Å². The van der Waals surface area contributed by atoms with Crippen LogP contribution in [0.3, 0.4) is 0 Å². The Balaban J connectivity index is 1.73. The van der Waals surface area contributed by atoms with Crippen molar-refractivity contribution in [3.63, 3.8) is 0 Å². The quantitative estimate of drug-likeness (QED) is 0.872. The average molecular weight is 339 g/mol. The predicted octanol–water partition coefficient (Wildman–Crippen LogP) is 3.23. The molecule has 1 N–H and O–H groups in total. The van der Waals surface area contributed by atoms with Crippen LogP contribution in [0.15, 0.2) is 42.5 Å². The van der Waals surface area contributed by atoms with Gasteiger partial charge in [0.1, 0.15) is 5.75 Å². The van der Waals surface area contributed by atoms with E-state index < -0.39 is 12.1 Å². The molecule has 0 bridgehead atoms. The van der Waals surface area contributed by atoms with Gasteiger partial charge in [-0.1, -0.05) is 24.3 Å². The van der Waals surface area contributed by atoms with Gasteiger partial charge in [-0.05, 0) is 56.0 Å². The number of benzene rings is 2. The van der Waals surface area contributed by atoms with E-state index >= 15 is 0 Å². The van der Waals surface area contributed by atoms with E-state index in [0.717, 1.165) is 24.1 Å². The summed E-state index contributed by atoms with van der Waals surface area (Å²) in [4.78, 5) is 26.7. The molecule has 2 aromatic carbocycles. The van der Waals surface area contributed by atoms with Crippen molar-refractivity contribution in [3.05, 3.63) is 59.2 Å². The van der Waals surface area contributed by atoms with Crippen LogP contribution in [0.25, 0.3) is 0 Å². The van der Waals surface area contributed by atoms with E-state index in [2.05, 4.69) is 0 Å². The first-order valence-corrected chi connectivity index (χ1v) is 8.37. The third-order valence-electron chi connectivity index (χ3n) is 4.45. The van der Waals surface area contributed by atoms with Crippen LogP contribution in [-0.4, -0.2) is 29.6 Å². The molecular formula is C20H21NO4. The van der Waals surface area contributed by atoms with E-state index in [1.54, 1.807) is 30.9 Å². The highest BCUT2D eigenvalue weighted by atomic mass is 16.5. The number of rotatable bonds is 3. The fourth-order valence-electron chi connectivity index (χ4n) is 3.00. The Morgan fingerprint density at radius 2 is 1.96 bits per heavy atom. The Hall–Kier alpha value is -2.82. The number of carbonyl (C=O) groups excluding carboxylic acids is 2. The monoisotopic (exact) mass is 339 g/mol. The molecule has 0 spiro atoms. The lowest BCUT2D eigenvalue weighted by atomic mass is 10.0. The molecule has 130 valence electrons. The number of ether oxygens (including phenoxy) is 1. The van der Waals surface area contributed by atoms with Crippen LogP contribution in [-0.2, 0) is 16.0 Å². The van der Waals surface area contributed by atoms with Gasteiger partial charge in [-0.2, -0.15) is 0 Å². The molecule has 0 saturated carbocycles. The number of phenols is 1. The highest BCUT2D eigenvalue weighted by Crippen LogP contribution is 2.27. The maximum Gasteiger partial charge on any atom is 0.339 e. The summed E-state index contributed by atoms with van der Waals surface area (Å²) in [5.41, 5.74) is 2.91. The number of nitrogens with zero attached hydrogens (tertiary/aromatic N) is 1. The number of hydrogen-bond donors (Lipinski definition) is 1. The lowest BCUT2D eigenvalue weighted by Crippen LogP contribution is -2.42. The van der Waals surface area contributed by atoms with Crippen molar-refractivity contribution in [2.45, 2.75) is 32.8 Å². The van der Waals surface area contributed by atoms with Gasteiger partial charge in [-0.3, -0.25) is 4.79 Å². The number of hydrogen-bond acceptors (Lipinski definition) is 4. The van der Waals surface area contributed by atoms with E-state index in [9.17, 15) is 14.7 Å². The molecule has 5 heteroatoms. The highest BCUT2D eigenvalue weighted by molar-refractivity contribution is 5.99. The summed E-state index contributed by atoms with van der Waals surface area (Å²) in [6.07, 6.45) is 0.925. The van der Waals surface area contributed by atoms with Crippen LogP contribution in [0, 0.1) is 6.92 Å². The largest absolute Gasteiger partial charge is 0.508 e. The molecule has 1 aliphatic rings. The number of aromatic hydroxyl groups is 1. The van der Waals surface area contributed by atoms with Crippen LogP contribution in [0.4, 0.5) is 5.69 Å². The zero-order chi connectivity index (χ0) is 18.0. The van der Waals surface area contributed by atoms with Gasteiger partial charge in [0.25, 0.3) is 5.91 Å². The predicted molar refractivity (Wildman–Crippen MR) is 94.8 cm³/mol. The van der Waals surface area contributed by atoms with E-state index in [-0.39, 0.29) is 17.2 Å². The van der Waals surface area contributed by atoms with Crippen molar-refractivity contribution < 1.29 is 19.4 Å². The minimum absolute atomic E-state index is 0.0263. The maximum atomic E-state index is 12.7. The van der Waals surface area contributed by atoms with Gasteiger partial charge in [-0.15, -0.1) is 0 Å². The molecule has 2 aromatic rings. The molecule has 25 heavy (non-hydrogen) atoms. The second-order valence-electron chi connectivity index (χ2n) is 6.27. The Labute approximate surface area is 146 Å². The number of phenolic OH excluding ortho intramolecular Hbond substituents is 1. The number of fused-ring (bicyclic) bond motifs is 1. The zero-order valence-electron chi connectivity index (χ0n) is 14.4. The second kappa shape index (κ2) is 6.97. The Morgan fingerprint density at radius 3 is 2.72 bits per heavy atom. The van der Waals surface area contributed by atoms with E-state index in [1.165, 1.54) is 6.07 Å². The number of aryl methyl sites for hydroxylation is 2. The van der Waals surface area contributed by atoms with E-state index in [4.69, 9.17) is 4.74 Å². The van der Waals surface area contributed by atoms with Gasteiger partial charge >= 0.3 is 5.97 Å². The molecule has 0 saturated heterocycles. The van der Waals surface area contributed by atoms with Gasteiger partial charge in [0.05, 0.1) is 5.56 Å². The van der Waals surface area contributed by atoms with Crippen LogP contribution >= 0.6 is 0 Å². The SMILES string of the molecule is Cc1ccc(C(=O)OC(C)C(=O)N2CCCc3ccccc32)cc1O. The van der Waals surface area contributed by atoms with Crippen LogP contribution in [0.5, 0.6) is 5.75 Å². The fourth-order valence-corrected chi connectivity index (χ4v) is 3.00. The molecular weight excluding hydrogens is 318 g/mol. The molecule has 5 nitrogen and oxygen atoms in total. The van der Waals surface area contributed by atoms with Crippen molar-refractivity contribution in [1.29, 1.82) is 0 Å². The smallest absolute Gasteiger partial charge is 0.339 e.